The molecule has 180 valence electrons. The van der Waals surface area contributed by atoms with E-state index >= 15 is 0 Å². The number of carbonyl (C=O) groups excluding carboxylic acids is 1. The van der Waals surface area contributed by atoms with Crippen LogP contribution >= 0.6 is 0 Å². The van der Waals surface area contributed by atoms with E-state index in [1.165, 1.54) is 0 Å². The Labute approximate surface area is 195 Å². The van der Waals surface area contributed by atoms with Gasteiger partial charge in [-0.3, -0.25) is 10.00 Å². The zero-order valence-electron chi connectivity index (χ0n) is 19.8. The van der Waals surface area contributed by atoms with Gasteiger partial charge in [-0.05, 0) is 51.3 Å². The van der Waals surface area contributed by atoms with E-state index in [-0.39, 0.29) is 12.1 Å². The van der Waals surface area contributed by atoms with Crippen molar-refractivity contribution in [2.24, 2.45) is 0 Å². The Morgan fingerprint density at radius 3 is 2.73 bits per heavy atom. The van der Waals surface area contributed by atoms with E-state index in [1.807, 2.05) is 26.8 Å². The zero-order valence-corrected chi connectivity index (χ0v) is 19.8. The van der Waals surface area contributed by atoms with Gasteiger partial charge in [0.05, 0.1) is 13.2 Å². The quantitative estimate of drug-likeness (QED) is 0.607. The van der Waals surface area contributed by atoms with E-state index in [0.29, 0.717) is 18.9 Å². The lowest BCUT2D eigenvalue weighted by Crippen LogP contribution is -2.47. The number of carbonyl (C=O) groups is 1. The lowest BCUT2D eigenvalue weighted by atomic mass is 10.1. The molecule has 2 aliphatic heterocycles. The molecule has 1 unspecified atom stereocenters. The van der Waals surface area contributed by atoms with Gasteiger partial charge in [-0.25, -0.2) is 9.78 Å². The first kappa shape index (κ1) is 23.3. The lowest BCUT2D eigenvalue weighted by Gasteiger charge is -2.34. The summed E-state index contributed by atoms with van der Waals surface area (Å²) in [6.45, 7) is 11.2. The van der Waals surface area contributed by atoms with E-state index in [0.717, 1.165) is 62.9 Å². The number of nitrogens with zero attached hydrogens (tertiary/aromatic N) is 4. The summed E-state index contributed by atoms with van der Waals surface area (Å²) in [5, 5.41) is 13.8. The first-order chi connectivity index (χ1) is 15.8. The monoisotopic (exact) mass is 457 g/mol. The topological polar surface area (TPSA) is 108 Å². The molecule has 0 saturated carbocycles. The normalized spacial score (nSPS) is 19.8. The maximum Gasteiger partial charge on any atom is 0.410 e. The number of aromatic nitrogens is 3. The summed E-state index contributed by atoms with van der Waals surface area (Å²) >= 11 is 0. The van der Waals surface area contributed by atoms with Crippen molar-refractivity contribution < 1.29 is 14.3 Å². The lowest BCUT2D eigenvalue weighted by molar-refractivity contribution is 0.0206. The second-order valence-corrected chi connectivity index (χ2v) is 9.63. The van der Waals surface area contributed by atoms with Crippen LogP contribution in [0, 0.1) is 0 Å². The summed E-state index contributed by atoms with van der Waals surface area (Å²) in [7, 11) is 0. The van der Waals surface area contributed by atoms with Crippen molar-refractivity contribution in [1.82, 2.24) is 25.0 Å². The van der Waals surface area contributed by atoms with Crippen LogP contribution in [-0.2, 0) is 16.0 Å². The smallest absolute Gasteiger partial charge is 0.410 e. The number of rotatable bonds is 6. The Morgan fingerprint density at radius 1 is 1.21 bits per heavy atom. The highest BCUT2D eigenvalue weighted by Gasteiger charge is 2.28. The molecular weight excluding hydrogens is 422 g/mol. The van der Waals surface area contributed by atoms with Crippen LogP contribution in [0.4, 0.5) is 22.2 Å². The number of morpholine rings is 1. The number of likely N-dealkylation sites (tertiary alicyclic amines) is 1. The van der Waals surface area contributed by atoms with Gasteiger partial charge >= 0.3 is 6.09 Å². The van der Waals surface area contributed by atoms with Crippen LogP contribution in [-0.4, -0.2) is 82.1 Å². The molecule has 0 aliphatic carbocycles. The third-order valence-corrected chi connectivity index (χ3v) is 5.58. The Morgan fingerprint density at radius 2 is 2.00 bits per heavy atom. The van der Waals surface area contributed by atoms with Gasteiger partial charge in [0, 0.05) is 51.0 Å². The largest absolute Gasteiger partial charge is 0.444 e. The molecule has 0 radical (unpaired) electrons. The van der Waals surface area contributed by atoms with Gasteiger partial charge in [-0.15, -0.1) is 0 Å². The Bertz CT molecular complexity index is 907. The Hall–Kier alpha value is -2.85. The zero-order chi connectivity index (χ0) is 23.3. The molecule has 10 nitrogen and oxygen atoms in total. The minimum atomic E-state index is -0.500. The fourth-order valence-corrected chi connectivity index (χ4v) is 4.09. The van der Waals surface area contributed by atoms with Crippen molar-refractivity contribution in [3.8, 4) is 0 Å². The average Bonchev–Trinajstić information content (AvgIpc) is 3.26. The Balaban J connectivity index is 1.46. The van der Waals surface area contributed by atoms with Gasteiger partial charge in [-0.2, -0.15) is 5.10 Å². The molecule has 0 aromatic carbocycles. The van der Waals surface area contributed by atoms with Crippen LogP contribution in [0.15, 0.2) is 24.4 Å². The molecule has 4 heterocycles. The third kappa shape index (κ3) is 7.06. The number of anilines is 3. The fraction of sp³-hybridized carbons (Fsp3) is 0.609. The van der Waals surface area contributed by atoms with Crippen molar-refractivity contribution in [3.63, 3.8) is 0 Å². The first-order valence-corrected chi connectivity index (χ1v) is 11.7. The fourth-order valence-electron chi connectivity index (χ4n) is 4.09. The van der Waals surface area contributed by atoms with Crippen molar-refractivity contribution in [3.05, 3.63) is 30.0 Å². The van der Waals surface area contributed by atoms with Crippen LogP contribution < -0.4 is 10.6 Å². The molecule has 2 saturated heterocycles. The van der Waals surface area contributed by atoms with Gasteiger partial charge in [-0.1, -0.05) is 0 Å². The molecule has 1 atom stereocenters. The predicted octanol–water partition coefficient (Wildman–Crippen LogP) is 3.19. The molecule has 1 amide bonds. The van der Waals surface area contributed by atoms with E-state index in [4.69, 9.17) is 14.5 Å². The molecule has 2 aliphatic rings. The number of nitrogens with one attached hydrogen (secondary N) is 3. The third-order valence-electron chi connectivity index (χ3n) is 5.58. The van der Waals surface area contributed by atoms with E-state index in [2.05, 4.69) is 37.9 Å². The molecule has 0 bridgehead atoms. The van der Waals surface area contributed by atoms with Crippen LogP contribution in [0.5, 0.6) is 0 Å². The van der Waals surface area contributed by atoms with E-state index < -0.39 is 5.60 Å². The number of ether oxygens (including phenoxy) is 2. The maximum atomic E-state index is 12.5. The minimum absolute atomic E-state index is 0.107. The number of amides is 1. The van der Waals surface area contributed by atoms with Crippen LogP contribution in [0.25, 0.3) is 0 Å². The predicted molar refractivity (Wildman–Crippen MR) is 127 cm³/mol. The van der Waals surface area contributed by atoms with Crippen LogP contribution in [0.3, 0.4) is 0 Å². The van der Waals surface area contributed by atoms with Crippen molar-refractivity contribution in [2.75, 3.05) is 50.0 Å². The van der Waals surface area contributed by atoms with Gasteiger partial charge in [0.15, 0.2) is 5.82 Å². The number of piperidine rings is 1. The SMILES string of the molecule is CC(C)(C)OC(=O)N1CCCC(Nc2cc(CN3CCOCC3)cc(Nc3cc[nH]n3)n2)C1. The molecule has 2 fully saturated rings. The highest BCUT2D eigenvalue weighted by molar-refractivity contribution is 5.68. The summed E-state index contributed by atoms with van der Waals surface area (Å²) in [6.07, 6.45) is 3.40. The number of H-pyrrole nitrogens is 1. The molecule has 2 aromatic rings. The van der Waals surface area contributed by atoms with Crippen molar-refractivity contribution in [2.45, 2.75) is 51.8 Å². The summed E-state index contributed by atoms with van der Waals surface area (Å²) in [5.41, 5.74) is 0.659. The van der Waals surface area contributed by atoms with Gasteiger partial charge in [0.25, 0.3) is 0 Å². The van der Waals surface area contributed by atoms with Crippen LogP contribution in [0.2, 0.25) is 0 Å². The summed E-state index contributed by atoms with van der Waals surface area (Å²) < 4.78 is 11.0. The van der Waals surface area contributed by atoms with Gasteiger partial charge in [0.1, 0.15) is 17.2 Å². The molecular formula is C23H35N7O3. The summed E-state index contributed by atoms with van der Waals surface area (Å²) in [6, 6.07) is 6.13. The summed E-state index contributed by atoms with van der Waals surface area (Å²) in [4.78, 5) is 21.5. The molecule has 10 heteroatoms. The van der Waals surface area contributed by atoms with Crippen molar-refractivity contribution in [1.29, 1.82) is 0 Å². The maximum absolute atomic E-state index is 12.5. The number of aromatic amines is 1. The number of hydrogen-bond acceptors (Lipinski definition) is 8. The molecule has 33 heavy (non-hydrogen) atoms. The summed E-state index contributed by atoms with van der Waals surface area (Å²) in [5.74, 6) is 2.23. The highest BCUT2D eigenvalue weighted by atomic mass is 16.6. The molecule has 2 aromatic heterocycles. The van der Waals surface area contributed by atoms with Crippen molar-refractivity contribution >= 4 is 23.5 Å². The van der Waals surface area contributed by atoms with Gasteiger partial charge < -0.3 is 25.0 Å². The van der Waals surface area contributed by atoms with Gasteiger partial charge in [0.2, 0.25) is 0 Å². The van der Waals surface area contributed by atoms with E-state index in [9.17, 15) is 4.79 Å². The molecule has 4 rings (SSSR count). The number of pyridine rings is 1. The second-order valence-electron chi connectivity index (χ2n) is 9.63. The highest BCUT2D eigenvalue weighted by Crippen LogP contribution is 2.23. The Kier molecular flexibility index (Phi) is 7.34. The molecule has 0 spiro atoms. The van der Waals surface area contributed by atoms with E-state index in [1.54, 1.807) is 11.1 Å². The second kappa shape index (κ2) is 10.4. The molecule has 3 N–H and O–H groups in total. The average molecular weight is 458 g/mol. The standard InChI is InChI=1S/C23H35N7O3/c1-23(2,3)33-22(31)30-8-4-5-18(16-30)25-20-13-17(15-29-9-11-32-12-10-29)14-21(27-20)26-19-6-7-24-28-19/h6-7,13-14,18H,4-5,8-12,15-16H2,1-3H3,(H3,24,25,26,27,28). The number of hydrogen-bond donors (Lipinski definition) is 3. The first-order valence-electron chi connectivity index (χ1n) is 11.7. The van der Waals surface area contributed by atoms with Crippen LogP contribution in [0.1, 0.15) is 39.2 Å². The minimum Gasteiger partial charge on any atom is -0.444 e.